The van der Waals surface area contributed by atoms with Gasteiger partial charge in [0.15, 0.2) is 0 Å². The van der Waals surface area contributed by atoms with Crippen molar-refractivity contribution in [2.24, 2.45) is 0 Å². The van der Waals surface area contributed by atoms with Crippen LogP contribution in [0.5, 0.6) is 0 Å². The maximum atomic E-state index is 3.92. The first-order valence-corrected chi connectivity index (χ1v) is 5.67. The molecule has 0 aromatic heterocycles. The van der Waals surface area contributed by atoms with Gasteiger partial charge in [-0.05, 0) is 53.2 Å². The third-order valence-corrected chi connectivity index (χ3v) is 3.19. The zero-order valence-electron chi connectivity index (χ0n) is 9.84. The molecule has 0 radical (unpaired) electrons. The van der Waals surface area contributed by atoms with Crippen molar-refractivity contribution >= 4 is 0 Å². The summed E-state index contributed by atoms with van der Waals surface area (Å²) in [5, 5.41) is 3.62. The van der Waals surface area contributed by atoms with Gasteiger partial charge < -0.3 is 10.2 Å². The van der Waals surface area contributed by atoms with Crippen LogP contribution in [0.25, 0.3) is 0 Å². The average Bonchev–Trinajstić information content (AvgIpc) is 2.10. The van der Waals surface area contributed by atoms with Gasteiger partial charge in [0.05, 0.1) is 0 Å². The van der Waals surface area contributed by atoms with E-state index < -0.39 is 0 Å². The second kappa shape index (κ2) is 5.52. The monoisotopic (exact) mass is 196 g/mol. The Morgan fingerprint density at radius 2 is 2.29 bits per heavy atom. The largest absolute Gasteiger partial charge is 0.314 e. The fraction of sp³-hybridized carbons (Fsp3) is 0.833. The molecule has 1 saturated heterocycles. The number of rotatable bonds is 4. The van der Waals surface area contributed by atoms with Crippen LogP contribution in [-0.2, 0) is 0 Å². The van der Waals surface area contributed by atoms with Gasteiger partial charge in [0.2, 0.25) is 0 Å². The first-order chi connectivity index (χ1) is 6.59. The molecule has 0 aromatic carbocycles. The van der Waals surface area contributed by atoms with Crippen molar-refractivity contribution in [1.82, 2.24) is 10.2 Å². The van der Waals surface area contributed by atoms with E-state index in [4.69, 9.17) is 0 Å². The van der Waals surface area contributed by atoms with E-state index in [0.29, 0.717) is 0 Å². The lowest BCUT2D eigenvalue weighted by Gasteiger charge is -2.35. The summed E-state index contributed by atoms with van der Waals surface area (Å²) in [5.41, 5.74) is 1.28. The molecule has 0 aliphatic carbocycles. The lowest BCUT2D eigenvalue weighted by Crippen LogP contribution is -2.45. The van der Waals surface area contributed by atoms with Crippen LogP contribution in [0.3, 0.4) is 0 Å². The van der Waals surface area contributed by atoms with Gasteiger partial charge in [-0.3, -0.25) is 0 Å². The Balaban J connectivity index is 2.16. The van der Waals surface area contributed by atoms with E-state index >= 15 is 0 Å². The van der Waals surface area contributed by atoms with Gasteiger partial charge in [0.1, 0.15) is 0 Å². The molecule has 2 nitrogen and oxygen atoms in total. The van der Waals surface area contributed by atoms with Crippen LogP contribution in [0.4, 0.5) is 0 Å². The molecule has 82 valence electrons. The van der Waals surface area contributed by atoms with E-state index in [-0.39, 0.29) is 0 Å². The molecule has 2 heteroatoms. The molecule has 2 atom stereocenters. The van der Waals surface area contributed by atoms with Crippen LogP contribution >= 0.6 is 0 Å². The first kappa shape index (κ1) is 11.7. The van der Waals surface area contributed by atoms with Crippen LogP contribution in [0.2, 0.25) is 0 Å². The molecule has 0 amide bonds. The van der Waals surface area contributed by atoms with Gasteiger partial charge >= 0.3 is 0 Å². The summed E-state index contributed by atoms with van der Waals surface area (Å²) in [6.45, 7) is 10.6. The molecule has 0 spiro atoms. The van der Waals surface area contributed by atoms with E-state index in [9.17, 15) is 0 Å². The standard InChI is InChI=1S/C12H24N2/c1-10(2)5-7-13-12-6-8-14(4)11(3)9-12/h11-13H,1,5-9H2,2-4H3. The number of likely N-dealkylation sites (tertiary alicyclic amines) is 1. The van der Waals surface area contributed by atoms with Gasteiger partial charge in [-0.25, -0.2) is 0 Å². The molecule has 0 bridgehead atoms. The van der Waals surface area contributed by atoms with Gasteiger partial charge in [-0.15, -0.1) is 6.58 Å². The summed E-state index contributed by atoms with van der Waals surface area (Å²) in [6.07, 6.45) is 3.68. The minimum absolute atomic E-state index is 0.723. The Labute approximate surface area is 88.4 Å². The predicted molar refractivity (Wildman–Crippen MR) is 62.5 cm³/mol. The van der Waals surface area contributed by atoms with Gasteiger partial charge in [-0.2, -0.15) is 0 Å². The van der Waals surface area contributed by atoms with Gasteiger partial charge in [0.25, 0.3) is 0 Å². The highest BCUT2D eigenvalue weighted by molar-refractivity contribution is 4.89. The van der Waals surface area contributed by atoms with Crippen molar-refractivity contribution in [1.29, 1.82) is 0 Å². The molecule has 1 heterocycles. The molecule has 1 rings (SSSR count). The Morgan fingerprint density at radius 1 is 1.57 bits per heavy atom. The minimum Gasteiger partial charge on any atom is -0.314 e. The zero-order valence-corrected chi connectivity index (χ0v) is 9.84. The van der Waals surface area contributed by atoms with Crippen LogP contribution in [0.15, 0.2) is 12.2 Å². The molecule has 1 N–H and O–H groups in total. The number of nitrogens with one attached hydrogen (secondary N) is 1. The van der Waals surface area contributed by atoms with Crippen molar-refractivity contribution in [2.45, 2.75) is 45.2 Å². The molecule has 1 aliphatic heterocycles. The summed E-state index contributed by atoms with van der Waals surface area (Å²) in [4.78, 5) is 2.44. The van der Waals surface area contributed by atoms with E-state index in [2.05, 4.69) is 37.7 Å². The van der Waals surface area contributed by atoms with Crippen LogP contribution in [-0.4, -0.2) is 37.1 Å². The highest BCUT2D eigenvalue weighted by Crippen LogP contribution is 2.15. The van der Waals surface area contributed by atoms with Crippen LogP contribution in [0.1, 0.15) is 33.1 Å². The topological polar surface area (TPSA) is 15.3 Å². The van der Waals surface area contributed by atoms with E-state index in [1.165, 1.54) is 25.0 Å². The summed E-state index contributed by atoms with van der Waals surface area (Å²) in [6, 6.07) is 1.45. The third kappa shape index (κ3) is 3.81. The lowest BCUT2D eigenvalue weighted by molar-refractivity contribution is 0.169. The summed E-state index contributed by atoms with van der Waals surface area (Å²) in [7, 11) is 2.22. The zero-order chi connectivity index (χ0) is 10.6. The minimum atomic E-state index is 0.723. The number of nitrogens with zero attached hydrogens (tertiary/aromatic N) is 1. The molecule has 2 unspecified atom stereocenters. The average molecular weight is 196 g/mol. The molecule has 1 fully saturated rings. The molecular weight excluding hydrogens is 172 g/mol. The normalized spacial score (nSPS) is 29.1. The summed E-state index contributed by atoms with van der Waals surface area (Å²) < 4.78 is 0. The molecular formula is C12H24N2. The molecule has 0 saturated carbocycles. The van der Waals surface area contributed by atoms with Crippen molar-refractivity contribution in [3.63, 3.8) is 0 Å². The fourth-order valence-electron chi connectivity index (χ4n) is 1.96. The van der Waals surface area contributed by atoms with Crippen molar-refractivity contribution in [3.8, 4) is 0 Å². The predicted octanol–water partition coefficient (Wildman–Crippen LogP) is 2.02. The van der Waals surface area contributed by atoms with Gasteiger partial charge in [0, 0.05) is 12.1 Å². The quantitative estimate of drug-likeness (QED) is 0.692. The van der Waals surface area contributed by atoms with E-state index in [1.807, 2.05) is 0 Å². The summed E-state index contributed by atoms with van der Waals surface area (Å²) in [5.74, 6) is 0. The number of piperidine rings is 1. The number of hydrogen-bond acceptors (Lipinski definition) is 2. The van der Waals surface area contributed by atoms with Crippen LogP contribution < -0.4 is 5.32 Å². The van der Waals surface area contributed by atoms with E-state index in [1.54, 1.807) is 0 Å². The van der Waals surface area contributed by atoms with E-state index in [0.717, 1.165) is 25.0 Å². The maximum Gasteiger partial charge on any atom is 0.00941 e. The second-order valence-electron chi connectivity index (χ2n) is 4.71. The highest BCUT2D eigenvalue weighted by atomic mass is 15.1. The van der Waals surface area contributed by atoms with Crippen LogP contribution in [0, 0.1) is 0 Å². The molecule has 0 aromatic rings. The Hall–Kier alpha value is -0.340. The number of hydrogen-bond donors (Lipinski definition) is 1. The summed E-state index contributed by atoms with van der Waals surface area (Å²) >= 11 is 0. The van der Waals surface area contributed by atoms with Crippen molar-refractivity contribution < 1.29 is 0 Å². The Kier molecular flexibility index (Phi) is 4.63. The SMILES string of the molecule is C=C(C)CCNC1CCN(C)C(C)C1. The first-order valence-electron chi connectivity index (χ1n) is 5.67. The Bertz CT molecular complexity index is 189. The molecule has 14 heavy (non-hydrogen) atoms. The highest BCUT2D eigenvalue weighted by Gasteiger charge is 2.21. The van der Waals surface area contributed by atoms with Crippen molar-refractivity contribution in [3.05, 3.63) is 12.2 Å². The molecule has 1 aliphatic rings. The third-order valence-electron chi connectivity index (χ3n) is 3.19. The maximum absolute atomic E-state index is 3.92. The smallest absolute Gasteiger partial charge is 0.00941 e. The van der Waals surface area contributed by atoms with Crippen molar-refractivity contribution in [2.75, 3.05) is 20.1 Å². The lowest BCUT2D eigenvalue weighted by atomic mass is 9.99. The van der Waals surface area contributed by atoms with Gasteiger partial charge in [-0.1, -0.05) is 5.57 Å². The second-order valence-corrected chi connectivity index (χ2v) is 4.71. The fourth-order valence-corrected chi connectivity index (χ4v) is 1.96. The Morgan fingerprint density at radius 3 is 2.86 bits per heavy atom.